The van der Waals surface area contributed by atoms with Gasteiger partial charge < -0.3 is 9.47 Å². The van der Waals surface area contributed by atoms with Gasteiger partial charge in [0.15, 0.2) is 6.23 Å². The Bertz CT molecular complexity index is 329. The van der Waals surface area contributed by atoms with Crippen LogP contribution in [0.5, 0.6) is 0 Å². The van der Waals surface area contributed by atoms with Gasteiger partial charge in [-0.3, -0.25) is 4.90 Å². The normalized spacial score (nSPS) is 21.2. The fraction of sp³-hybridized carbons (Fsp3) is 0.545. The zero-order valence-corrected chi connectivity index (χ0v) is 9.83. The van der Waals surface area contributed by atoms with Gasteiger partial charge in [-0.1, -0.05) is 0 Å². The number of rotatable bonds is 2. The van der Waals surface area contributed by atoms with Crippen LogP contribution in [0.2, 0.25) is 0 Å². The van der Waals surface area contributed by atoms with Crippen LogP contribution in [-0.4, -0.2) is 38.3 Å². The first-order chi connectivity index (χ1) is 6.97. The predicted octanol–water partition coefficient (Wildman–Crippen LogP) is 1.30. The number of esters is 1. The van der Waals surface area contributed by atoms with Crippen LogP contribution in [0.1, 0.15) is 13.8 Å². The molecule has 0 aliphatic carbocycles. The Balaban J connectivity index is 2.96. The first kappa shape index (κ1) is 11.8. The Morgan fingerprint density at radius 3 is 2.53 bits per heavy atom. The molecule has 1 aliphatic rings. The Labute approximate surface area is 90.2 Å². The van der Waals surface area contributed by atoms with E-state index >= 15 is 0 Å². The Morgan fingerprint density at radius 1 is 1.47 bits per heavy atom. The van der Waals surface area contributed by atoms with E-state index in [1.165, 1.54) is 7.11 Å². The molecule has 0 spiro atoms. The van der Waals surface area contributed by atoms with Crippen LogP contribution in [-0.2, 0) is 14.3 Å². The van der Waals surface area contributed by atoms with E-state index in [1.54, 1.807) is 6.92 Å². The van der Waals surface area contributed by atoms with Crippen molar-refractivity contribution in [1.29, 1.82) is 0 Å². The average Bonchev–Trinajstić information content (AvgIpc) is 2.19. The Kier molecular flexibility index (Phi) is 3.52. The maximum absolute atomic E-state index is 11.4. The molecular formula is C11H17NO3. The summed E-state index contributed by atoms with van der Waals surface area (Å²) < 4.78 is 10.3. The van der Waals surface area contributed by atoms with E-state index in [4.69, 9.17) is 4.74 Å². The molecule has 4 nitrogen and oxygen atoms in total. The van der Waals surface area contributed by atoms with E-state index in [9.17, 15) is 4.79 Å². The lowest BCUT2D eigenvalue weighted by Gasteiger charge is -2.30. The molecule has 0 N–H and O–H groups in total. The molecule has 1 rings (SSSR count). The first-order valence-corrected chi connectivity index (χ1v) is 4.77. The second-order valence-electron chi connectivity index (χ2n) is 3.78. The quantitative estimate of drug-likeness (QED) is 0.645. The van der Waals surface area contributed by atoms with E-state index in [2.05, 4.69) is 4.74 Å². The van der Waals surface area contributed by atoms with Gasteiger partial charge in [0.1, 0.15) is 5.76 Å². The van der Waals surface area contributed by atoms with Crippen molar-refractivity contribution >= 4 is 5.97 Å². The van der Waals surface area contributed by atoms with Crippen molar-refractivity contribution in [2.45, 2.75) is 20.1 Å². The van der Waals surface area contributed by atoms with Gasteiger partial charge in [-0.25, -0.2) is 4.79 Å². The highest BCUT2D eigenvalue weighted by Crippen LogP contribution is 2.24. The number of hydrogen-bond acceptors (Lipinski definition) is 4. The van der Waals surface area contributed by atoms with Gasteiger partial charge in [0, 0.05) is 0 Å². The molecular weight excluding hydrogens is 194 g/mol. The zero-order valence-electron chi connectivity index (χ0n) is 9.83. The Hall–Kier alpha value is -1.29. The van der Waals surface area contributed by atoms with Gasteiger partial charge in [0.25, 0.3) is 0 Å². The molecule has 0 aromatic heterocycles. The molecule has 0 fully saturated rings. The van der Waals surface area contributed by atoms with Crippen LogP contribution < -0.4 is 0 Å². The zero-order chi connectivity index (χ0) is 11.6. The van der Waals surface area contributed by atoms with Gasteiger partial charge in [-0.15, -0.1) is 0 Å². The summed E-state index contributed by atoms with van der Waals surface area (Å²) in [6, 6.07) is 0. The summed E-state index contributed by atoms with van der Waals surface area (Å²) in [5, 5.41) is 0. The van der Waals surface area contributed by atoms with E-state index in [0.29, 0.717) is 11.3 Å². The van der Waals surface area contributed by atoms with Crippen molar-refractivity contribution in [3.8, 4) is 0 Å². The van der Waals surface area contributed by atoms with Crippen molar-refractivity contribution in [2.24, 2.45) is 0 Å². The topological polar surface area (TPSA) is 38.8 Å². The highest BCUT2D eigenvalue weighted by atomic mass is 16.5. The minimum atomic E-state index is -0.357. The van der Waals surface area contributed by atoms with Gasteiger partial charge in [0.05, 0.1) is 12.7 Å². The molecule has 84 valence electrons. The van der Waals surface area contributed by atoms with Crippen molar-refractivity contribution in [3.05, 3.63) is 23.0 Å². The lowest BCUT2D eigenvalue weighted by atomic mass is 10.1. The summed E-state index contributed by atoms with van der Waals surface area (Å²) >= 11 is 0. The number of carbonyl (C=O) groups is 1. The third kappa shape index (κ3) is 2.39. The van der Waals surface area contributed by atoms with Crippen molar-refractivity contribution in [3.63, 3.8) is 0 Å². The molecule has 1 unspecified atom stereocenters. The number of methoxy groups -OCH3 is 1. The van der Waals surface area contributed by atoms with Crippen LogP contribution in [0.25, 0.3) is 0 Å². The minimum Gasteiger partial charge on any atom is -0.475 e. The van der Waals surface area contributed by atoms with Crippen molar-refractivity contribution in [1.82, 2.24) is 4.90 Å². The van der Waals surface area contributed by atoms with Gasteiger partial charge in [0.2, 0.25) is 0 Å². The molecule has 4 heteroatoms. The lowest BCUT2D eigenvalue weighted by Crippen LogP contribution is -2.34. The summed E-state index contributed by atoms with van der Waals surface area (Å²) in [5.41, 5.74) is 1.49. The Morgan fingerprint density at radius 2 is 2.07 bits per heavy atom. The summed E-state index contributed by atoms with van der Waals surface area (Å²) in [6.07, 6.45) is 1.72. The fourth-order valence-electron chi connectivity index (χ4n) is 1.55. The molecule has 0 radical (unpaired) electrons. The standard InChI is InChI=1S/C11H17NO3/c1-7-6-9(11(13)14-5)8(2)15-10(7)12(3)4/h6,10H,1-5H3. The largest absolute Gasteiger partial charge is 0.475 e. The number of ether oxygens (including phenoxy) is 2. The second kappa shape index (κ2) is 4.49. The molecule has 0 aromatic carbocycles. The van der Waals surface area contributed by atoms with Gasteiger partial charge in [-0.2, -0.15) is 0 Å². The summed E-state index contributed by atoms with van der Waals surface area (Å²) in [5.74, 6) is 0.246. The fourth-order valence-corrected chi connectivity index (χ4v) is 1.55. The third-order valence-electron chi connectivity index (χ3n) is 2.30. The molecule has 15 heavy (non-hydrogen) atoms. The van der Waals surface area contributed by atoms with Crippen molar-refractivity contribution < 1.29 is 14.3 Å². The van der Waals surface area contributed by atoms with Crippen LogP contribution in [0.15, 0.2) is 23.0 Å². The minimum absolute atomic E-state index is 0.0987. The number of allylic oxidation sites excluding steroid dienone is 1. The maximum Gasteiger partial charge on any atom is 0.341 e. The molecule has 0 saturated carbocycles. The molecule has 1 aliphatic heterocycles. The van der Waals surface area contributed by atoms with Gasteiger partial charge >= 0.3 is 5.97 Å². The number of likely N-dealkylation sites (N-methyl/N-ethyl adjacent to an activating group) is 1. The highest BCUT2D eigenvalue weighted by Gasteiger charge is 2.24. The first-order valence-electron chi connectivity index (χ1n) is 4.77. The number of nitrogens with zero attached hydrogens (tertiary/aromatic N) is 1. The smallest absolute Gasteiger partial charge is 0.341 e. The molecule has 0 bridgehead atoms. The highest BCUT2D eigenvalue weighted by molar-refractivity contribution is 5.92. The number of carbonyl (C=O) groups excluding carboxylic acids is 1. The maximum atomic E-state index is 11.4. The average molecular weight is 211 g/mol. The van der Waals surface area contributed by atoms with Crippen LogP contribution >= 0.6 is 0 Å². The lowest BCUT2D eigenvalue weighted by molar-refractivity contribution is -0.136. The molecule has 0 saturated heterocycles. The van der Waals surface area contributed by atoms with Crippen molar-refractivity contribution in [2.75, 3.05) is 21.2 Å². The van der Waals surface area contributed by atoms with Crippen LogP contribution in [0, 0.1) is 0 Å². The summed E-state index contributed by atoms with van der Waals surface area (Å²) in [6.45, 7) is 3.70. The summed E-state index contributed by atoms with van der Waals surface area (Å²) in [7, 11) is 5.22. The monoisotopic (exact) mass is 211 g/mol. The SMILES string of the molecule is COC(=O)C1=C(C)OC(N(C)C)C(C)=C1. The molecule has 0 aromatic rings. The van der Waals surface area contributed by atoms with Crippen LogP contribution in [0.4, 0.5) is 0 Å². The van der Waals surface area contributed by atoms with E-state index in [0.717, 1.165) is 5.57 Å². The van der Waals surface area contributed by atoms with E-state index < -0.39 is 0 Å². The molecule has 1 heterocycles. The third-order valence-corrected chi connectivity index (χ3v) is 2.30. The van der Waals surface area contributed by atoms with Gasteiger partial charge in [-0.05, 0) is 39.6 Å². The molecule has 1 atom stereocenters. The second-order valence-corrected chi connectivity index (χ2v) is 3.78. The van der Waals surface area contributed by atoms with Crippen LogP contribution in [0.3, 0.4) is 0 Å². The van der Waals surface area contributed by atoms with E-state index in [1.807, 2.05) is 32.0 Å². The number of hydrogen-bond donors (Lipinski definition) is 0. The predicted molar refractivity (Wildman–Crippen MR) is 57.0 cm³/mol. The molecule has 0 amide bonds. The van der Waals surface area contributed by atoms with E-state index in [-0.39, 0.29) is 12.2 Å². The summed E-state index contributed by atoms with van der Waals surface area (Å²) in [4.78, 5) is 13.3.